The molecule has 5 nitrogen and oxygen atoms in total. The maximum atomic E-state index is 11.7. The van der Waals surface area contributed by atoms with Gasteiger partial charge in [-0.1, -0.05) is 13.3 Å². The van der Waals surface area contributed by atoms with Gasteiger partial charge in [0.2, 0.25) is 5.91 Å². The Morgan fingerprint density at radius 3 is 2.42 bits per heavy atom. The van der Waals surface area contributed by atoms with Crippen molar-refractivity contribution in [2.75, 3.05) is 39.8 Å². The van der Waals surface area contributed by atoms with Gasteiger partial charge in [0.25, 0.3) is 0 Å². The van der Waals surface area contributed by atoms with E-state index < -0.39 is 0 Å². The van der Waals surface area contributed by atoms with Crippen molar-refractivity contribution in [2.45, 2.75) is 38.8 Å². The van der Waals surface area contributed by atoms with Crippen molar-refractivity contribution in [2.24, 2.45) is 5.73 Å². The predicted molar refractivity (Wildman–Crippen MR) is 81.7 cm³/mol. The molecule has 0 aromatic carbocycles. The highest BCUT2D eigenvalue weighted by atomic mass is 35.5. The molecule has 0 saturated carbocycles. The van der Waals surface area contributed by atoms with Crippen molar-refractivity contribution < 1.29 is 4.79 Å². The van der Waals surface area contributed by atoms with Crippen LogP contribution in [0.3, 0.4) is 0 Å². The molecule has 1 aliphatic heterocycles. The molecular weight excluding hydrogens is 264 g/mol. The third-order valence-electron chi connectivity index (χ3n) is 3.67. The van der Waals surface area contributed by atoms with Gasteiger partial charge >= 0.3 is 0 Å². The highest BCUT2D eigenvalue weighted by Crippen LogP contribution is 2.04. The van der Waals surface area contributed by atoms with Crippen LogP contribution in [-0.2, 0) is 4.79 Å². The summed E-state index contributed by atoms with van der Waals surface area (Å²) in [5, 5.41) is 2.96. The largest absolute Gasteiger partial charge is 0.353 e. The zero-order chi connectivity index (χ0) is 13.5. The summed E-state index contributed by atoms with van der Waals surface area (Å²) < 4.78 is 0. The Labute approximate surface area is 123 Å². The zero-order valence-corrected chi connectivity index (χ0v) is 13.2. The Morgan fingerprint density at radius 2 is 1.89 bits per heavy atom. The Bertz CT molecular complexity index is 257. The molecule has 0 bridgehead atoms. The van der Waals surface area contributed by atoms with E-state index in [0.717, 1.165) is 39.0 Å². The summed E-state index contributed by atoms with van der Waals surface area (Å²) in [6, 6.07) is 0.0335. The number of hydrogen-bond acceptors (Lipinski definition) is 4. The Hall–Kier alpha value is -0.360. The van der Waals surface area contributed by atoms with E-state index in [4.69, 9.17) is 5.73 Å². The molecule has 0 aliphatic carbocycles. The third-order valence-corrected chi connectivity index (χ3v) is 3.67. The van der Waals surface area contributed by atoms with Crippen molar-refractivity contribution in [3.05, 3.63) is 0 Å². The van der Waals surface area contributed by atoms with Crippen LogP contribution in [0.1, 0.15) is 26.7 Å². The van der Waals surface area contributed by atoms with Crippen LogP contribution >= 0.6 is 12.4 Å². The van der Waals surface area contributed by atoms with Gasteiger partial charge in [-0.05, 0) is 20.4 Å². The number of piperazine rings is 1. The predicted octanol–water partition coefficient (Wildman–Crippen LogP) is 0.288. The van der Waals surface area contributed by atoms with E-state index in [1.807, 2.05) is 6.92 Å². The highest BCUT2D eigenvalue weighted by molar-refractivity contribution is 5.85. The SMILES string of the molecule is CCCC(N)C(=O)NCC(C)N1CCN(C)CC1.Cl. The van der Waals surface area contributed by atoms with Crippen LogP contribution in [0.2, 0.25) is 0 Å². The van der Waals surface area contributed by atoms with Crippen LogP contribution in [0.4, 0.5) is 0 Å². The number of hydrogen-bond donors (Lipinski definition) is 2. The lowest BCUT2D eigenvalue weighted by atomic mass is 10.1. The van der Waals surface area contributed by atoms with Crippen molar-refractivity contribution >= 4 is 18.3 Å². The maximum Gasteiger partial charge on any atom is 0.236 e. The number of carbonyl (C=O) groups excluding carboxylic acids is 1. The lowest BCUT2D eigenvalue weighted by Gasteiger charge is -2.36. The van der Waals surface area contributed by atoms with E-state index in [-0.39, 0.29) is 24.4 Å². The molecule has 3 N–H and O–H groups in total. The van der Waals surface area contributed by atoms with Gasteiger partial charge in [0, 0.05) is 38.8 Å². The van der Waals surface area contributed by atoms with Crippen LogP contribution in [0.5, 0.6) is 0 Å². The van der Waals surface area contributed by atoms with E-state index in [2.05, 4.69) is 29.1 Å². The van der Waals surface area contributed by atoms with Crippen LogP contribution in [0, 0.1) is 0 Å². The monoisotopic (exact) mass is 292 g/mol. The fraction of sp³-hybridized carbons (Fsp3) is 0.923. The Kier molecular flexibility index (Phi) is 9.35. The molecule has 0 aromatic heterocycles. The molecule has 1 saturated heterocycles. The third kappa shape index (κ3) is 6.56. The van der Waals surface area contributed by atoms with Gasteiger partial charge in [-0.25, -0.2) is 0 Å². The first-order valence-corrected chi connectivity index (χ1v) is 7.00. The van der Waals surface area contributed by atoms with Crippen LogP contribution in [0.15, 0.2) is 0 Å². The minimum atomic E-state index is -0.352. The molecular formula is C13H29ClN4O. The second-order valence-corrected chi connectivity index (χ2v) is 5.33. The summed E-state index contributed by atoms with van der Waals surface area (Å²) in [5.41, 5.74) is 5.78. The number of nitrogens with two attached hydrogens (primary N) is 1. The number of amides is 1. The van der Waals surface area contributed by atoms with Crippen LogP contribution in [-0.4, -0.2) is 67.6 Å². The van der Waals surface area contributed by atoms with E-state index >= 15 is 0 Å². The highest BCUT2D eigenvalue weighted by Gasteiger charge is 2.20. The summed E-state index contributed by atoms with van der Waals surface area (Å²) in [7, 11) is 2.15. The molecule has 2 unspecified atom stereocenters. The summed E-state index contributed by atoms with van der Waals surface area (Å²) in [5.74, 6) is -0.0159. The molecule has 6 heteroatoms. The van der Waals surface area contributed by atoms with Crippen molar-refractivity contribution in [1.29, 1.82) is 0 Å². The summed E-state index contributed by atoms with van der Waals surface area (Å²) in [6.07, 6.45) is 1.71. The van der Waals surface area contributed by atoms with E-state index in [1.165, 1.54) is 0 Å². The second kappa shape index (κ2) is 9.53. The standard InChI is InChI=1S/C13H28N4O.ClH/c1-4-5-12(14)13(18)15-10-11(2)17-8-6-16(3)7-9-17;/h11-12H,4-10,14H2,1-3H3,(H,15,18);1H. The topological polar surface area (TPSA) is 61.6 Å². The Balaban J connectivity index is 0.00000324. The van der Waals surface area contributed by atoms with Gasteiger partial charge in [0.15, 0.2) is 0 Å². The number of nitrogens with zero attached hydrogens (tertiary/aromatic N) is 2. The molecule has 19 heavy (non-hydrogen) atoms. The number of rotatable bonds is 6. The number of nitrogens with one attached hydrogen (secondary N) is 1. The van der Waals surface area contributed by atoms with Crippen LogP contribution in [0.25, 0.3) is 0 Å². The molecule has 0 spiro atoms. The molecule has 0 radical (unpaired) electrons. The van der Waals surface area contributed by atoms with Crippen molar-refractivity contribution in [1.82, 2.24) is 15.1 Å². The number of carbonyl (C=O) groups is 1. The normalized spacial score (nSPS) is 20.4. The smallest absolute Gasteiger partial charge is 0.236 e. The molecule has 1 rings (SSSR count). The van der Waals surface area contributed by atoms with Gasteiger partial charge in [-0.15, -0.1) is 12.4 Å². The first kappa shape index (κ1) is 18.6. The van der Waals surface area contributed by atoms with Gasteiger partial charge in [-0.2, -0.15) is 0 Å². The molecule has 1 fully saturated rings. The fourth-order valence-electron chi connectivity index (χ4n) is 2.21. The molecule has 0 aromatic rings. The molecule has 1 heterocycles. The first-order valence-electron chi connectivity index (χ1n) is 7.00. The average Bonchev–Trinajstić information content (AvgIpc) is 2.36. The second-order valence-electron chi connectivity index (χ2n) is 5.33. The van der Waals surface area contributed by atoms with Gasteiger partial charge in [0.05, 0.1) is 6.04 Å². The van der Waals surface area contributed by atoms with E-state index in [1.54, 1.807) is 0 Å². The molecule has 114 valence electrons. The molecule has 1 amide bonds. The zero-order valence-electron chi connectivity index (χ0n) is 12.4. The van der Waals surface area contributed by atoms with Crippen molar-refractivity contribution in [3.8, 4) is 0 Å². The first-order chi connectivity index (χ1) is 8.54. The fourth-order valence-corrected chi connectivity index (χ4v) is 2.21. The Morgan fingerprint density at radius 1 is 1.32 bits per heavy atom. The van der Waals surface area contributed by atoms with Crippen molar-refractivity contribution in [3.63, 3.8) is 0 Å². The lowest BCUT2D eigenvalue weighted by Crippen LogP contribution is -2.52. The lowest BCUT2D eigenvalue weighted by molar-refractivity contribution is -0.122. The number of likely N-dealkylation sites (N-methyl/N-ethyl adjacent to an activating group) is 1. The van der Waals surface area contributed by atoms with Crippen LogP contribution < -0.4 is 11.1 Å². The number of halogens is 1. The minimum Gasteiger partial charge on any atom is -0.353 e. The van der Waals surface area contributed by atoms with E-state index in [0.29, 0.717) is 12.6 Å². The molecule has 1 aliphatic rings. The summed E-state index contributed by atoms with van der Waals surface area (Å²) in [4.78, 5) is 16.5. The van der Waals surface area contributed by atoms with Gasteiger partial charge in [0.1, 0.15) is 0 Å². The summed E-state index contributed by atoms with van der Waals surface area (Å²) >= 11 is 0. The van der Waals surface area contributed by atoms with E-state index in [9.17, 15) is 4.79 Å². The van der Waals surface area contributed by atoms with Gasteiger partial charge in [-0.3, -0.25) is 9.69 Å². The quantitative estimate of drug-likeness (QED) is 0.739. The maximum absolute atomic E-state index is 11.7. The molecule has 2 atom stereocenters. The van der Waals surface area contributed by atoms with Gasteiger partial charge < -0.3 is 16.0 Å². The average molecular weight is 293 g/mol. The minimum absolute atomic E-state index is 0. The summed E-state index contributed by atoms with van der Waals surface area (Å²) in [6.45, 7) is 9.27.